The summed E-state index contributed by atoms with van der Waals surface area (Å²) in [5.41, 5.74) is 3.08. The fourth-order valence-corrected chi connectivity index (χ4v) is 5.94. The van der Waals surface area contributed by atoms with Gasteiger partial charge in [-0.25, -0.2) is 8.42 Å². The Labute approximate surface area is 266 Å². The third kappa shape index (κ3) is 7.75. The number of sulfone groups is 1. The first-order chi connectivity index (χ1) is 21.9. The van der Waals surface area contributed by atoms with Crippen molar-refractivity contribution >= 4 is 31.5 Å². The van der Waals surface area contributed by atoms with Crippen molar-refractivity contribution in [2.24, 2.45) is 0 Å². The van der Waals surface area contributed by atoms with Gasteiger partial charge in [0.05, 0.1) is 4.90 Å². The molecule has 0 fully saturated rings. The molecule has 0 atom stereocenters. The van der Waals surface area contributed by atoms with Gasteiger partial charge in [0.2, 0.25) is 0 Å². The van der Waals surface area contributed by atoms with E-state index < -0.39 is 35.5 Å². The Kier molecular flexibility index (Phi) is 9.47. The van der Waals surface area contributed by atoms with Crippen molar-refractivity contribution in [3.63, 3.8) is 0 Å². The molecule has 0 radical (unpaired) electrons. The molecule has 0 aromatic heterocycles. The standard InChI is InChI=1S/C35H28O9S2/c1-45(38,39)30-20-31(43-22-24-12-16-28(17-13-24)33(36)26-8-4-2-5-9-26)35(32(21-30)46(40,41)42)44-23-25-14-18-29(19-15-25)34(37)27-10-6-3-7-11-27/h2-21H,22-23H2,1H3,(H,40,41,42). The summed E-state index contributed by atoms with van der Waals surface area (Å²) in [5.74, 6) is -0.975. The van der Waals surface area contributed by atoms with Crippen LogP contribution in [-0.2, 0) is 33.2 Å². The molecule has 0 bridgehead atoms. The number of hydrogen-bond acceptors (Lipinski definition) is 8. The minimum Gasteiger partial charge on any atom is -0.485 e. The Morgan fingerprint density at radius 1 is 0.587 bits per heavy atom. The van der Waals surface area contributed by atoms with Crippen LogP contribution in [0.4, 0.5) is 0 Å². The topological polar surface area (TPSA) is 141 Å². The highest BCUT2D eigenvalue weighted by Gasteiger charge is 2.26. The quantitative estimate of drug-likeness (QED) is 0.127. The third-order valence-electron chi connectivity index (χ3n) is 6.98. The molecule has 0 aliphatic carbocycles. The highest BCUT2D eigenvalue weighted by Crippen LogP contribution is 2.38. The van der Waals surface area contributed by atoms with Crippen LogP contribution in [0.5, 0.6) is 11.5 Å². The molecule has 0 aliphatic rings. The minimum absolute atomic E-state index is 0.148. The zero-order valence-corrected chi connectivity index (χ0v) is 26.1. The molecule has 234 valence electrons. The van der Waals surface area contributed by atoms with E-state index in [0.29, 0.717) is 33.4 Å². The van der Waals surface area contributed by atoms with Crippen LogP contribution in [0.1, 0.15) is 43.0 Å². The summed E-state index contributed by atoms with van der Waals surface area (Å²) in [7, 11) is -8.90. The van der Waals surface area contributed by atoms with Gasteiger partial charge in [0.1, 0.15) is 18.1 Å². The lowest BCUT2D eigenvalue weighted by atomic mass is 10.0. The normalized spacial score (nSPS) is 11.5. The Morgan fingerprint density at radius 2 is 1.00 bits per heavy atom. The van der Waals surface area contributed by atoms with Crippen molar-refractivity contribution in [1.29, 1.82) is 0 Å². The Balaban J connectivity index is 1.40. The van der Waals surface area contributed by atoms with E-state index in [1.165, 1.54) is 0 Å². The lowest BCUT2D eigenvalue weighted by Gasteiger charge is -2.17. The highest BCUT2D eigenvalue weighted by molar-refractivity contribution is 7.90. The summed E-state index contributed by atoms with van der Waals surface area (Å²) >= 11 is 0. The largest absolute Gasteiger partial charge is 0.485 e. The van der Waals surface area contributed by atoms with E-state index in [-0.39, 0.29) is 30.5 Å². The second-order valence-electron chi connectivity index (χ2n) is 10.4. The number of hydrogen-bond donors (Lipinski definition) is 1. The summed E-state index contributed by atoms with van der Waals surface area (Å²) in [4.78, 5) is 24.3. The molecule has 0 amide bonds. The van der Waals surface area contributed by atoms with Crippen LogP contribution >= 0.6 is 0 Å². The van der Waals surface area contributed by atoms with Gasteiger partial charge >= 0.3 is 0 Å². The maximum atomic E-state index is 12.7. The molecule has 0 saturated heterocycles. The van der Waals surface area contributed by atoms with E-state index >= 15 is 0 Å². The van der Waals surface area contributed by atoms with Gasteiger partial charge in [-0.2, -0.15) is 8.42 Å². The zero-order chi connectivity index (χ0) is 32.9. The molecule has 11 heteroatoms. The number of carbonyl (C=O) groups excluding carboxylic acids is 2. The lowest BCUT2D eigenvalue weighted by Crippen LogP contribution is -2.10. The SMILES string of the molecule is CS(=O)(=O)c1cc(OCc2ccc(C(=O)c3ccccc3)cc2)c(OCc2ccc(C(=O)c3ccccc3)cc2)c(S(=O)(=O)O)c1. The Hall–Kier alpha value is -5.10. The van der Waals surface area contributed by atoms with Crippen LogP contribution in [0.3, 0.4) is 0 Å². The molecule has 0 spiro atoms. The van der Waals surface area contributed by atoms with Gasteiger partial charge in [0, 0.05) is 34.6 Å². The third-order valence-corrected chi connectivity index (χ3v) is 8.93. The first kappa shape index (κ1) is 32.3. The van der Waals surface area contributed by atoms with Crippen LogP contribution in [0.2, 0.25) is 0 Å². The molecule has 0 heterocycles. The minimum atomic E-state index is -4.97. The van der Waals surface area contributed by atoms with Gasteiger partial charge in [-0.15, -0.1) is 0 Å². The first-order valence-electron chi connectivity index (χ1n) is 13.9. The van der Waals surface area contributed by atoms with E-state index in [2.05, 4.69) is 0 Å². The summed E-state index contributed by atoms with van der Waals surface area (Å²) in [6.07, 6.45) is 0.890. The highest BCUT2D eigenvalue weighted by atomic mass is 32.2. The number of ether oxygens (including phenoxy) is 2. The smallest absolute Gasteiger partial charge is 0.298 e. The van der Waals surface area contributed by atoms with Gasteiger partial charge in [-0.1, -0.05) is 109 Å². The average Bonchev–Trinajstić information content (AvgIpc) is 3.06. The molecule has 5 aromatic carbocycles. The average molecular weight is 657 g/mol. The predicted molar refractivity (Wildman–Crippen MR) is 171 cm³/mol. The van der Waals surface area contributed by atoms with Crippen LogP contribution in [-0.4, -0.2) is 39.2 Å². The molecule has 0 saturated carbocycles. The van der Waals surface area contributed by atoms with Crippen molar-refractivity contribution in [3.05, 3.63) is 155 Å². The van der Waals surface area contributed by atoms with Crippen molar-refractivity contribution in [2.75, 3.05) is 6.26 Å². The second-order valence-corrected chi connectivity index (χ2v) is 13.8. The van der Waals surface area contributed by atoms with Crippen LogP contribution in [0.25, 0.3) is 0 Å². The molecule has 0 aliphatic heterocycles. The van der Waals surface area contributed by atoms with E-state index in [0.717, 1.165) is 18.4 Å². The van der Waals surface area contributed by atoms with Gasteiger partial charge in [0.25, 0.3) is 10.1 Å². The zero-order valence-electron chi connectivity index (χ0n) is 24.5. The van der Waals surface area contributed by atoms with E-state index in [9.17, 15) is 31.0 Å². The fourth-order valence-electron chi connectivity index (χ4n) is 4.54. The molecule has 9 nitrogen and oxygen atoms in total. The molecular formula is C35H28O9S2. The molecule has 1 N–H and O–H groups in total. The number of rotatable bonds is 12. The molecule has 5 rings (SSSR count). The first-order valence-corrected chi connectivity index (χ1v) is 17.2. The predicted octanol–water partition coefficient (Wildman–Crippen LogP) is 5.96. The molecule has 5 aromatic rings. The number of benzene rings is 5. The van der Waals surface area contributed by atoms with Crippen LogP contribution in [0.15, 0.2) is 131 Å². The lowest BCUT2D eigenvalue weighted by molar-refractivity contribution is 0.103. The van der Waals surface area contributed by atoms with E-state index in [4.69, 9.17) is 9.47 Å². The summed E-state index contributed by atoms with van der Waals surface area (Å²) in [6.45, 7) is -0.349. The summed E-state index contributed by atoms with van der Waals surface area (Å²) < 4.78 is 71.3. The second kappa shape index (κ2) is 13.5. The van der Waals surface area contributed by atoms with Crippen molar-refractivity contribution in [3.8, 4) is 11.5 Å². The maximum Gasteiger partial charge on any atom is 0.298 e. The molecular weight excluding hydrogens is 629 g/mol. The number of ketones is 2. The van der Waals surface area contributed by atoms with E-state index in [1.807, 2.05) is 12.1 Å². The summed E-state index contributed by atoms with van der Waals surface area (Å²) in [6, 6.07) is 32.4. The summed E-state index contributed by atoms with van der Waals surface area (Å²) in [5, 5.41) is 0. The van der Waals surface area contributed by atoms with E-state index in [1.54, 1.807) is 97.1 Å². The number of carbonyl (C=O) groups is 2. The van der Waals surface area contributed by atoms with Crippen molar-refractivity contribution in [1.82, 2.24) is 0 Å². The molecule has 0 unspecified atom stereocenters. The molecule has 46 heavy (non-hydrogen) atoms. The van der Waals surface area contributed by atoms with Gasteiger partial charge in [0.15, 0.2) is 32.9 Å². The van der Waals surface area contributed by atoms with Crippen LogP contribution < -0.4 is 9.47 Å². The monoisotopic (exact) mass is 656 g/mol. The van der Waals surface area contributed by atoms with Crippen molar-refractivity contribution < 1.29 is 40.5 Å². The Morgan fingerprint density at radius 3 is 1.41 bits per heavy atom. The fraction of sp³-hybridized carbons (Fsp3) is 0.0857. The van der Waals surface area contributed by atoms with Crippen molar-refractivity contribution in [2.45, 2.75) is 23.0 Å². The van der Waals surface area contributed by atoms with Crippen LogP contribution in [0, 0.1) is 0 Å². The van der Waals surface area contributed by atoms with Gasteiger partial charge in [-0.3, -0.25) is 14.1 Å². The van der Waals surface area contributed by atoms with Gasteiger partial charge in [-0.05, 0) is 17.2 Å². The van der Waals surface area contributed by atoms with Gasteiger partial charge < -0.3 is 9.47 Å². The Bertz CT molecular complexity index is 2090. The maximum absolute atomic E-state index is 12.7.